The molecule has 1 aromatic heterocycles. The van der Waals surface area contributed by atoms with Gasteiger partial charge in [0.1, 0.15) is 5.15 Å². The van der Waals surface area contributed by atoms with Crippen molar-refractivity contribution in [2.75, 3.05) is 10.5 Å². The first-order chi connectivity index (χ1) is 8.37. The maximum absolute atomic E-state index is 11.7. The molecule has 0 aliphatic heterocycles. The van der Waals surface area contributed by atoms with Crippen LogP contribution in [0.1, 0.15) is 12.8 Å². The molecular weight excluding hydrogens is 282 g/mol. The maximum Gasteiger partial charge on any atom is 0.312 e. The summed E-state index contributed by atoms with van der Waals surface area (Å²) in [4.78, 5) is 13.7. The molecule has 1 N–H and O–H groups in total. The third kappa shape index (κ3) is 3.30. The van der Waals surface area contributed by atoms with Crippen molar-refractivity contribution in [3.05, 3.63) is 27.4 Å². The highest BCUT2D eigenvalue weighted by molar-refractivity contribution is 7.92. The molecule has 0 amide bonds. The van der Waals surface area contributed by atoms with E-state index in [0.717, 1.165) is 18.9 Å². The zero-order valence-corrected chi connectivity index (χ0v) is 10.7. The van der Waals surface area contributed by atoms with E-state index >= 15 is 0 Å². The van der Waals surface area contributed by atoms with Gasteiger partial charge in [0.25, 0.3) is 0 Å². The maximum atomic E-state index is 11.7. The second-order valence-electron chi connectivity index (χ2n) is 4.09. The van der Waals surface area contributed by atoms with Gasteiger partial charge < -0.3 is 0 Å². The molecular formula is C9H10ClN3O4S. The summed E-state index contributed by atoms with van der Waals surface area (Å²) >= 11 is 5.60. The van der Waals surface area contributed by atoms with E-state index in [-0.39, 0.29) is 22.6 Å². The molecule has 1 heterocycles. The molecule has 1 fully saturated rings. The van der Waals surface area contributed by atoms with E-state index in [1.165, 1.54) is 6.07 Å². The molecule has 0 atom stereocenters. The van der Waals surface area contributed by atoms with Crippen LogP contribution < -0.4 is 4.72 Å². The Labute approximate surface area is 108 Å². The highest BCUT2D eigenvalue weighted by Crippen LogP contribution is 2.31. The molecule has 0 unspecified atom stereocenters. The van der Waals surface area contributed by atoms with Crippen LogP contribution >= 0.6 is 11.6 Å². The molecule has 0 radical (unpaired) electrons. The van der Waals surface area contributed by atoms with Gasteiger partial charge in [0, 0.05) is 6.07 Å². The fourth-order valence-corrected chi connectivity index (χ4v) is 3.06. The van der Waals surface area contributed by atoms with Gasteiger partial charge >= 0.3 is 5.69 Å². The number of nitrogens with zero attached hydrogens (tertiary/aromatic N) is 2. The first kappa shape index (κ1) is 13.0. The quantitative estimate of drug-likeness (QED) is 0.506. The number of nitro groups is 1. The number of pyridine rings is 1. The van der Waals surface area contributed by atoms with Gasteiger partial charge in [-0.2, -0.15) is 0 Å². The lowest BCUT2D eigenvalue weighted by Gasteiger charge is -2.07. The average Bonchev–Trinajstić information content (AvgIpc) is 2.99. The Morgan fingerprint density at radius 3 is 2.72 bits per heavy atom. The predicted octanol–water partition coefficient (Wildman–Crippen LogP) is 1.79. The summed E-state index contributed by atoms with van der Waals surface area (Å²) < 4.78 is 25.6. The molecule has 1 aliphatic carbocycles. The first-order valence-corrected chi connectivity index (χ1v) is 7.22. The number of halogens is 1. The summed E-state index contributed by atoms with van der Waals surface area (Å²) in [5.41, 5.74) is -0.418. The largest absolute Gasteiger partial charge is 0.312 e. The second-order valence-corrected chi connectivity index (χ2v) is 6.24. The molecule has 0 spiro atoms. The van der Waals surface area contributed by atoms with Crippen molar-refractivity contribution >= 4 is 33.1 Å². The summed E-state index contributed by atoms with van der Waals surface area (Å²) in [6.45, 7) is 0. The van der Waals surface area contributed by atoms with Crippen LogP contribution in [0.2, 0.25) is 5.15 Å². The van der Waals surface area contributed by atoms with Crippen molar-refractivity contribution in [3.63, 3.8) is 0 Å². The Kier molecular flexibility index (Phi) is 3.40. The molecule has 1 aliphatic rings. The van der Waals surface area contributed by atoms with Crippen molar-refractivity contribution in [1.29, 1.82) is 0 Å². The van der Waals surface area contributed by atoms with Crippen LogP contribution in [-0.2, 0) is 10.0 Å². The van der Waals surface area contributed by atoms with Crippen molar-refractivity contribution in [2.24, 2.45) is 5.92 Å². The normalized spacial score (nSPS) is 15.4. The first-order valence-electron chi connectivity index (χ1n) is 5.19. The van der Waals surface area contributed by atoms with Crippen molar-refractivity contribution in [3.8, 4) is 0 Å². The number of nitrogens with one attached hydrogen (secondary N) is 1. The molecule has 1 aromatic rings. The van der Waals surface area contributed by atoms with Crippen LogP contribution in [0.4, 0.5) is 11.5 Å². The van der Waals surface area contributed by atoms with Crippen LogP contribution in [0, 0.1) is 16.0 Å². The van der Waals surface area contributed by atoms with Gasteiger partial charge in [-0.3, -0.25) is 14.8 Å². The number of sulfonamides is 1. The van der Waals surface area contributed by atoms with E-state index in [2.05, 4.69) is 9.71 Å². The molecule has 7 nitrogen and oxygen atoms in total. The topological polar surface area (TPSA) is 102 Å². The lowest BCUT2D eigenvalue weighted by atomic mass is 10.4. The third-order valence-electron chi connectivity index (χ3n) is 2.44. The van der Waals surface area contributed by atoms with E-state index in [1.807, 2.05) is 0 Å². The zero-order valence-electron chi connectivity index (χ0n) is 9.17. The van der Waals surface area contributed by atoms with Crippen LogP contribution in [0.15, 0.2) is 12.1 Å². The van der Waals surface area contributed by atoms with Crippen molar-refractivity contribution < 1.29 is 13.3 Å². The number of aromatic nitrogens is 1. The van der Waals surface area contributed by atoms with Gasteiger partial charge in [0.15, 0.2) is 0 Å². The highest BCUT2D eigenvalue weighted by Gasteiger charge is 2.29. The molecule has 18 heavy (non-hydrogen) atoms. The van der Waals surface area contributed by atoms with E-state index in [0.29, 0.717) is 0 Å². The number of hydrogen-bond donors (Lipinski definition) is 1. The summed E-state index contributed by atoms with van der Waals surface area (Å²) in [6.07, 6.45) is 1.73. The van der Waals surface area contributed by atoms with Crippen LogP contribution in [0.5, 0.6) is 0 Å². The number of rotatable bonds is 5. The Morgan fingerprint density at radius 1 is 1.50 bits per heavy atom. The Balaban J connectivity index is 2.26. The Hall–Kier alpha value is -1.41. The van der Waals surface area contributed by atoms with Gasteiger partial charge in [-0.1, -0.05) is 11.6 Å². The smallest absolute Gasteiger partial charge is 0.261 e. The molecule has 0 aromatic carbocycles. The Bertz CT molecular complexity index is 585. The summed E-state index contributed by atoms with van der Waals surface area (Å²) in [6, 6.07) is 2.35. The zero-order chi connectivity index (χ0) is 13.3. The van der Waals surface area contributed by atoms with Gasteiger partial charge in [-0.05, 0) is 24.8 Å². The van der Waals surface area contributed by atoms with Crippen LogP contribution in [-0.4, -0.2) is 24.1 Å². The second kappa shape index (κ2) is 4.69. The van der Waals surface area contributed by atoms with Gasteiger partial charge in [-0.25, -0.2) is 13.4 Å². The van der Waals surface area contributed by atoms with Crippen molar-refractivity contribution in [2.45, 2.75) is 12.8 Å². The third-order valence-corrected chi connectivity index (χ3v) is 4.07. The molecule has 1 saturated carbocycles. The minimum atomic E-state index is -3.62. The van der Waals surface area contributed by atoms with E-state index in [4.69, 9.17) is 11.6 Å². The molecule has 9 heteroatoms. The molecule has 2 rings (SSSR count). The van der Waals surface area contributed by atoms with E-state index in [9.17, 15) is 18.5 Å². The van der Waals surface area contributed by atoms with Gasteiger partial charge in [-0.15, -0.1) is 0 Å². The lowest BCUT2D eigenvalue weighted by Crippen LogP contribution is -2.19. The van der Waals surface area contributed by atoms with Crippen molar-refractivity contribution in [1.82, 2.24) is 4.98 Å². The number of hydrogen-bond acceptors (Lipinski definition) is 5. The van der Waals surface area contributed by atoms with E-state index in [1.54, 1.807) is 0 Å². The minimum absolute atomic E-state index is 0.00952. The standard InChI is InChI=1S/C9H10ClN3O4S/c10-8-4-3-7(13(14)15)9(11-8)12-18(16,17)5-6-1-2-6/h3-4,6H,1-2,5H2,(H,11,12). The molecule has 98 valence electrons. The van der Waals surface area contributed by atoms with Crippen LogP contribution in [0.25, 0.3) is 0 Å². The Morgan fingerprint density at radius 2 is 2.17 bits per heavy atom. The lowest BCUT2D eigenvalue weighted by molar-refractivity contribution is -0.384. The summed E-state index contributed by atoms with van der Waals surface area (Å²) in [5, 5.41) is 10.7. The minimum Gasteiger partial charge on any atom is -0.261 e. The van der Waals surface area contributed by atoms with E-state index < -0.39 is 20.6 Å². The fourth-order valence-electron chi connectivity index (χ4n) is 1.43. The summed E-state index contributed by atoms with van der Waals surface area (Å²) in [5.74, 6) is -0.243. The SMILES string of the molecule is O=[N+]([O-])c1ccc(Cl)nc1NS(=O)(=O)CC1CC1. The average molecular weight is 292 g/mol. The number of anilines is 1. The van der Waals surface area contributed by atoms with Gasteiger partial charge in [0.05, 0.1) is 10.7 Å². The molecule has 0 bridgehead atoms. The molecule has 0 saturated heterocycles. The fraction of sp³-hybridized carbons (Fsp3) is 0.444. The van der Waals surface area contributed by atoms with Crippen LogP contribution in [0.3, 0.4) is 0 Å². The highest BCUT2D eigenvalue weighted by atomic mass is 35.5. The summed E-state index contributed by atoms with van der Waals surface area (Å²) in [7, 11) is -3.62. The predicted molar refractivity (Wildman–Crippen MR) is 66.0 cm³/mol. The van der Waals surface area contributed by atoms with Gasteiger partial charge in [0.2, 0.25) is 15.8 Å². The monoisotopic (exact) mass is 291 g/mol.